The highest BCUT2D eigenvalue weighted by Gasteiger charge is 2.35. The van der Waals surface area contributed by atoms with Gasteiger partial charge in [-0.3, -0.25) is 4.79 Å². The van der Waals surface area contributed by atoms with E-state index in [0.717, 1.165) is 37.2 Å². The van der Waals surface area contributed by atoms with Gasteiger partial charge in [0.2, 0.25) is 0 Å². The van der Waals surface area contributed by atoms with Crippen molar-refractivity contribution < 1.29 is 14.6 Å². The van der Waals surface area contributed by atoms with Crippen LogP contribution in [0, 0.1) is 3.57 Å². The molecule has 1 saturated heterocycles. The SMILES string of the molecule is COc1cc(/C=C2\SC(=Nc3cc4c5c(c3)[C@H](c3ccccc3)CCN5CC[C@H]4c3ccccc3)NC2=O)cc(I)c1O. The predicted molar refractivity (Wildman–Crippen MR) is 183 cm³/mol. The number of benzene rings is 4. The van der Waals surface area contributed by atoms with E-state index in [2.05, 4.69) is 106 Å². The lowest BCUT2D eigenvalue weighted by Gasteiger charge is -2.43. The van der Waals surface area contributed by atoms with Gasteiger partial charge in [0.25, 0.3) is 5.91 Å². The van der Waals surface area contributed by atoms with E-state index in [0.29, 0.717) is 19.4 Å². The molecule has 3 aliphatic rings. The number of phenolic OH excluding ortho intramolecular Hbond substituents is 1. The van der Waals surface area contributed by atoms with Gasteiger partial charge in [0.15, 0.2) is 16.7 Å². The molecule has 43 heavy (non-hydrogen) atoms. The number of phenols is 1. The number of thioether (sulfide) groups is 1. The highest BCUT2D eigenvalue weighted by molar-refractivity contribution is 14.1. The van der Waals surface area contributed by atoms with E-state index >= 15 is 0 Å². The monoisotopic (exact) mass is 699 g/mol. The Morgan fingerprint density at radius 1 is 0.953 bits per heavy atom. The first-order valence-electron chi connectivity index (χ1n) is 14.4. The Bertz CT molecular complexity index is 1700. The van der Waals surface area contributed by atoms with Gasteiger partial charge >= 0.3 is 0 Å². The van der Waals surface area contributed by atoms with Gasteiger partial charge in [0, 0.05) is 30.6 Å². The first-order chi connectivity index (χ1) is 21.0. The number of methoxy groups -OCH3 is 1. The highest BCUT2D eigenvalue weighted by atomic mass is 127. The maximum Gasteiger partial charge on any atom is 0.264 e. The normalized spacial score (nSPS) is 21.2. The quantitative estimate of drug-likeness (QED) is 0.165. The fourth-order valence-corrected chi connectivity index (χ4v) is 7.95. The molecule has 3 heterocycles. The number of ether oxygens (including phenoxy) is 1. The minimum absolute atomic E-state index is 0.0913. The van der Waals surface area contributed by atoms with E-state index < -0.39 is 0 Å². The number of aliphatic imine (C=N–C) groups is 1. The Morgan fingerprint density at radius 2 is 1.56 bits per heavy atom. The molecule has 0 spiro atoms. The van der Waals surface area contributed by atoms with Crippen LogP contribution in [0.15, 0.2) is 94.8 Å². The van der Waals surface area contributed by atoms with Crippen LogP contribution in [0.5, 0.6) is 11.5 Å². The lowest BCUT2D eigenvalue weighted by Crippen LogP contribution is -2.37. The minimum atomic E-state index is -0.194. The highest BCUT2D eigenvalue weighted by Crippen LogP contribution is 2.50. The number of carbonyl (C=O) groups excluding carboxylic acids is 1. The van der Waals surface area contributed by atoms with E-state index in [1.807, 2.05) is 6.07 Å². The smallest absolute Gasteiger partial charge is 0.264 e. The van der Waals surface area contributed by atoms with Gasteiger partial charge in [-0.05, 0) is 105 Å². The largest absolute Gasteiger partial charge is 0.504 e. The summed E-state index contributed by atoms with van der Waals surface area (Å²) in [6, 6.07) is 29.5. The van der Waals surface area contributed by atoms with Crippen LogP contribution in [0.25, 0.3) is 6.08 Å². The van der Waals surface area contributed by atoms with Crippen LogP contribution in [0.2, 0.25) is 0 Å². The predicted octanol–water partition coefficient (Wildman–Crippen LogP) is 7.77. The Labute approximate surface area is 269 Å². The first kappa shape index (κ1) is 28.0. The van der Waals surface area contributed by atoms with Crippen molar-refractivity contribution >= 4 is 62.9 Å². The zero-order chi connectivity index (χ0) is 29.5. The summed E-state index contributed by atoms with van der Waals surface area (Å²) in [7, 11) is 1.51. The second-order valence-electron chi connectivity index (χ2n) is 11.0. The van der Waals surface area contributed by atoms with E-state index in [1.54, 1.807) is 12.1 Å². The topological polar surface area (TPSA) is 74.2 Å². The summed E-state index contributed by atoms with van der Waals surface area (Å²) in [5.74, 6) is 0.839. The van der Waals surface area contributed by atoms with Crippen molar-refractivity contribution in [3.05, 3.63) is 121 Å². The van der Waals surface area contributed by atoms with Crippen LogP contribution >= 0.6 is 34.4 Å². The van der Waals surface area contributed by atoms with Gasteiger partial charge in [-0.1, -0.05) is 60.7 Å². The number of amidine groups is 1. The molecule has 216 valence electrons. The van der Waals surface area contributed by atoms with Crippen LogP contribution in [-0.4, -0.2) is 36.4 Å². The molecular formula is C35H30IN3O3S. The molecule has 8 heteroatoms. The fourth-order valence-electron chi connectivity index (χ4n) is 6.49. The minimum Gasteiger partial charge on any atom is -0.504 e. The molecule has 1 fully saturated rings. The van der Waals surface area contributed by atoms with E-state index in [9.17, 15) is 9.90 Å². The fraction of sp³-hybridized carbons (Fsp3) is 0.200. The third-order valence-electron chi connectivity index (χ3n) is 8.45. The second kappa shape index (κ2) is 11.7. The van der Waals surface area contributed by atoms with Crippen molar-refractivity contribution in [2.45, 2.75) is 24.7 Å². The third kappa shape index (κ3) is 5.42. The number of hydrogen-bond acceptors (Lipinski definition) is 6. The zero-order valence-corrected chi connectivity index (χ0v) is 26.6. The molecule has 2 N–H and O–H groups in total. The number of aromatic hydroxyl groups is 1. The van der Waals surface area contributed by atoms with E-state index in [-0.39, 0.29) is 23.5 Å². The zero-order valence-electron chi connectivity index (χ0n) is 23.6. The van der Waals surface area contributed by atoms with Crippen LogP contribution in [-0.2, 0) is 4.79 Å². The molecule has 0 unspecified atom stereocenters. The molecule has 1 amide bonds. The molecule has 6 nitrogen and oxygen atoms in total. The summed E-state index contributed by atoms with van der Waals surface area (Å²) in [4.78, 5) is 21.1. The average Bonchev–Trinajstić information content (AvgIpc) is 3.37. The molecule has 0 saturated carbocycles. The molecule has 0 aromatic heterocycles. The Balaban J connectivity index is 1.30. The van der Waals surface area contributed by atoms with Crippen LogP contribution < -0.4 is 15.0 Å². The molecule has 3 aliphatic heterocycles. The molecule has 0 radical (unpaired) electrons. The molecule has 7 rings (SSSR count). The number of nitrogens with one attached hydrogen (secondary N) is 1. The number of amides is 1. The number of anilines is 1. The summed E-state index contributed by atoms with van der Waals surface area (Å²) in [6.07, 6.45) is 3.91. The van der Waals surface area contributed by atoms with Gasteiger partial charge in [-0.2, -0.15) is 0 Å². The van der Waals surface area contributed by atoms with Crippen molar-refractivity contribution in [3.63, 3.8) is 0 Å². The number of carbonyl (C=O) groups is 1. The number of hydrogen-bond donors (Lipinski definition) is 2. The van der Waals surface area contributed by atoms with E-state index in [1.165, 1.54) is 46.8 Å². The van der Waals surface area contributed by atoms with Gasteiger partial charge in [-0.15, -0.1) is 0 Å². The summed E-state index contributed by atoms with van der Waals surface area (Å²) in [6.45, 7) is 2.08. The number of nitrogens with zero attached hydrogens (tertiary/aromatic N) is 2. The van der Waals surface area contributed by atoms with Crippen molar-refractivity contribution in [1.82, 2.24) is 5.32 Å². The standard InChI is InChI=1S/C35H30IN3O3S/c1-42-30-17-21(16-29(36)33(30)40)18-31-34(41)38-35(43-31)37-24-19-27-25(22-8-4-2-5-9-22)12-14-39-15-13-26(28(20-24)32(27)39)23-10-6-3-7-11-23/h2-11,16-20,25-26,40H,12-15H2,1H3,(H,37,38,41)/b31-18-/t25-,26-/m0/s1. The Kier molecular flexibility index (Phi) is 7.65. The summed E-state index contributed by atoms with van der Waals surface area (Å²) >= 11 is 3.38. The molecule has 0 bridgehead atoms. The van der Waals surface area contributed by atoms with Crippen LogP contribution in [0.3, 0.4) is 0 Å². The van der Waals surface area contributed by atoms with Gasteiger partial charge in [0.05, 0.1) is 21.3 Å². The molecule has 2 atom stereocenters. The van der Waals surface area contributed by atoms with Crippen molar-refractivity contribution in [2.24, 2.45) is 4.99 Å². The molecular weight excluding hydrogens is 669 g/mol. The maximum absolute atomic E-state index is 13.0. The summed E-state index contributed by atoms with van der Waals surface area (Å²) in [5, 5.41) is 13.7. The number of rotatable bonds is 5. The van der Waals surface area contributed by atoms with E-state index in [4.69, 9.17) is 9.73 Å². The summed E-state index contributed by atoms with van der Waals surface area (Å²) < 4.78 is 5.95. The maximum atomic E-state index is 13.0. The van der Waals surface area contributed by atoms with Crippen LogP contribution in [0.1, 0.15) is 52.5 Å². The Hall–Kier alpha value is -3.76. The van der Waals surface area contributed by atoms with Gasteiger partial charge in [0.1, 0.15) is 0 Å². The lowest BCUT2D eigenvalue weighted by atomic mass is 9.76. The Morgan fingerprint density at radius 3 is 2.14 bits per heavy atom. The third-order valence-corrected chi connectivity index (χ3v) is 10.2. The second-order valence-corrected chi connectivity index (χ2v) is 13.2. The molecule has 0 aliphatic carbocycles. The first-order valence-corrected chi connectivity index (χ1v) is 16.3. The van der Waals surface area contributed by atoms with Crippen molar-refractivity contribution in [2.75, 3.05) is 25.1 Å². The van der Waals surface area contributed by atoms with Crippen LogP contribution in [0.4, 0.5) is 11.4 Å². The lowest BCUT2D eigenvalue weighted by molar-refractivity contribution is -0.115. The van der Waals surface area contributed by atoms with Crippen molar-refractivity contribution in [1.29, 1.82) is 0 Å². The number of halogens is 1. The molecule has 4 aromatic carbocycles. The van der Waals surface area contributed by atoms with Gasteiger partial charge in [-0.25, -0.2) is 4.99 Å². The average molecular weight is 700 g/mol. The summed E-state index contributed by atoms with van der Waals surface area (Å²) in [5.41, 5.74) is 8.24. The van der Waals surface area contributed by atoms with Gasteiger partial charge < -0.3 is 20.1 Å². The molecule has 4 aromatic rings. The van der Waals surface area contributed by atoms with Crippen molar-refractivity contribution in [3.8, 4) is 11.5 Å².